The molecule has 0 fully saturated rings. The Kier molecular flexibility index (Phi) is 20.6. The first-order chi connectivity index (χ1) is 15.0. The van der Waals surface area contributed by atoms with Crippen LogP contribution in [-0.2, 0) is 33.4 Å². The van der Waals surface area contributed by atoms with Crippen LogP contribution in [0.25, 0.3) is 0 Å². The molecular weight excluding hydrogens is 448 g/mol. The first-order valence-electron chi connectivity index (χ1n) is 9.82. The van der Waals surface area contributed by atoms with Crippen molar-refractivity contribution in [2.24, 2.45) is 0 Å². The average Bonchev–Trinajstić information content (AvgIpc) is 2.78. The van der Waals surface area contributed by atoms with E-state index in [0.29, 0.717) is 51.1 Å². The smallest absolute Gasteiger partial charge is 0.239 e. The van der Waals surface area contributed by atoms with Gasteiger partial charge in [0, 0.05) is 25.6 Å². The van der Waals surface area contributed by atoms with Crippen LogP contribution in [0, 0.1) is 0 Å². The van der Waals surface area contributed by atoms with Crippen molar-refractivity contribution in [1.82, 2.24) is 21.3 Å². The fourth-order valence-electron chi connectivity index (χ4n) is 1.74. The molecular formula is C18H34N4O7S2. The number of hydrogen-bond donors (Lipinski definition) is 4. The van der Waals surface area contributed by atoms with Gasteiger partial charge in [-0.3, -0.25) is 19.2 Å². The molecule has 0 unspecified atom stereocenters. The van der Waals surface area contributed by atoms with Crippen LogP contribution in [0.5, 0.6) is 0 Å². The summed E-state index contributed by atoms with van der Waals surface area (Å²) in [6.07, 6.45) is 0. The van der Waals surface area contributed by atoms with Crippen molar-refractivity contribution in [3.63, 3.8) is 0 Å². The van der Waals surface area contributed by atoms with Gasteiger partial charge in [0.15, 0.2) is 0 Å². The van der Waals surface area contributed by atoms with E-state index in [4.69, 9.17) is 14.2 Å². The summed E-state index contributed by atoms with van der Waals surface area (Å²) >= 11 is 2.87. The maximum Gasteiger partial charge on any atom is 0.239 e. The van der Waals surface area contributed by atoms with Crippen molar-refractivity contribution in [2.75, 3.05) is 89.8 Å². The van der Waals surface area contributed by atoms with Gasteiger partial charge in [0.1, 0.15) is 0 Å². The standard InChI is InChI=1S/C18H34N4O7S2/c1-19-15(23)11-21-17(25)13-30-9-7-28-5-3-27-4-6-29-8-10-31-14-18(26)22-12-16(24)20-2/h3-14H2,1-2H3,(H,19,23)(H,20,24)(H,21,25)(H,22,26). The molecule has 4 N–H and O–H groups in total. The van der Waals surface area contributed by atoms with Gasteiger partial charge in [-0.15, -0.1) is 23.5 Å². The molecule has 0 rings (SSSR count). The summed E-state index contributed by atoms with van der Waals surface area (Å²) in [5.74, 6) is 1.10. The molecule has 0 saturated carbocycles. The Hall–Kier alpha value is -1.54. The average molecular weight is 483 g/mol. The Balaban J connectivity index is 3.25. The highest BCUT2D eigenvalue weighted by Crippen LogP contribution is 1.99. The van der Waals surface area contributed by atoms with Crippen LogP contribution in [0.3, 0.4) is 0 Å². The largest absolute Gasteiger partial charge is 0.378 e. The summed E-state index contributed by atoms with van der Waals surface area (Å²) in [5, 5.41) is 9.89. The van der Waals surface area contributed by atoms with Crippen molar-refractivity contribution < 1.29 is 33.4 Å². The molecule has 0 aliphatic carbocycles. The van der Waals surface area contributed by atoms with E-state index in [1.54, 1.807) is 0 Å². The second-order valence-corrected chi connectivity index (χ2v) is 8.05. The van der Waals surface area contributed by atoms with Gasteiger partial charge in [0.2, 0.25) is 23.6 Å². The molecule has 180 valence electrons. The molecule has 0 spiro atoms. The molecule has 0 aromatic carbocycles. The summed E-state index contributed by atoms with van der Waals surface area (Å²) in [5.41, 5.74) is 0. The molecule has 0 atom stereocenters. The molecule has 31 heavy (non-hydrogen) atoms. The molecule has 0 aliphatic rings. The van der Waals surface area contributed by atoms with Crippen molar-refractivity contribution in [3.8, 4) is 0 Å². The number of ether oxygens (including phenoxy) is 3. The van der Waals surface area contributed by atoms with Crippen molar-refractivity contribution in [1.29, 1.82) is 0 Å². The van der Waals surface area contributed by atoms with E-state index < -0.39 is 0 Å². The Morgan fingerprint density at radius 1 is 0.581 bits per heavy atom. The van der Waals surface area contributed by atoms with E-state index in [1.807, 2.05) is 0 Å². The fourth-order valence-corrected chi connectivity index (χ4v) is 3.08. The predicted octanol–water partition coefficient (Wildman–Crippen LogP) is -1.77. The van der Waals surface area contributed by atoms with Crippen molar-refractivity contribution in [3.05, 3.63) is 0 Å². The van der Waals surface area contributed by atoms with Crippen LogP contribution < -0.4 is 21.3 Å². The Morgan fingerprint density at radius 3 is 1.29 bits per heavy atom. The number of likely N-dealkylation sites (N-methyl/N-ethyl adjacent to an activating group) is 2. The summed E-state index contributed by atoms with van der Waals surface area (Å²) in [4.78, 5) is 44.9. The number of carbonyl (C=O) groups is 4. The molecule has 0 bridgehead atoms. The number of carbonyl (C=O) groups excluding carboxylic acids is 4. The first kappa shape index (κ1) is 29.5. The minimum Gasteiger partial charge on any atom is -0.378 e. The third-order valence-electron chi connectivity index (χ3n) is 3.40. The van der Waals surface area contributed by atoms with Gasteiger partial charge in [0.05, 0.1) is 64.2 Å². The monoisotopic (exact) mass is 482 g/mol. The lowest BCUT2D eigenvalue weighted by atomic mass is 10.5. The van der Waals surface area contributed by atoms with Gasteiger partial charge < -0.3 is 35.5 Å². The zero-order chi connectivity index (χ0) is 23.2. The number of thioether (sulfide) groups is 2. The predicted molar refractivity (Wildman–Crippen MR) is 121 cm³/mol. The van der Waals surface area contributed by atoms with Crippen LogP contribution in [0.2, 0.25) is 0 Å². The van der Waals surface area contributed by atoms with Gasteiger partial charge in [-0.25, -0.2) is 0 Å². The van der Waals surface area contributed by atoms with E-state index >= 15 is 0 Å². The molecule has 4 amide bonds. The number of rotatable bonds is 20. The molecule has 0 saturated heterocycles. The lowest BCUT2D eigenvalue weighted by Gasteiger charge is -2.07. The van der Waals surface area contributed by atoms with Gasteiger partial charge in [-0.1, -0.05) is 0 Å². The topological polar surface area (TPSA) is 144 Å². The second-order valence-electron chi connectivity index (χ2n) is 5.84. The minimum atomic E-state index is -0.231. The maximum atomic E-state index is 11.5. The highest BCUT2D eigenvalue weighted by atomic mass is 32.2. The Bertz CT molecular complexity index is 483. The van der Waals surface area contributed by atoms with Crippen LogP contribution in [-0.4, -0.2) is 113 Å². The van der Waals surface area contributed by atoms with Crippen molar-refractivity contribution >= 4 is 47.2 Å². The molecule has 0 heterocycles. The van der Waals surface area contributed by atoms with Gasteiger partial charge in [-0.05, 0) is 0 Å². The summed E-state index contributed by atoms with van der Waals surface area (Å²) < 4.78 is 16.2. The number of nitrogens with one attached hydrogen (secondary N) is 4. The van der Waals surface area contributed by atoms with Crippen LogP contribution in [0.15, 0.2) is 0 Å². The Labute approximate surface area is 191 Å². The third kappa shape index (κ3) is 21.5. The SMILES string of the molecule is CNC(=O)CNC(=O)CSCCOCCOCCOCCSCC(=O)NCC(=O)NC. The van der Waals surface area contributed by atoms with Gasteiger partial charge in [0.25, 0.3) is 0 Å². The van der Waals surface area contributed by atoms with Crippen molar-refractivity contribution in [2.45, 2.75) is 0 Å². The van der Waals surface area contributed by atoms with Crippen LogP contribution >= 0.6 is 23.5 Å². The lowest BCUT2D eigenvalue weighted by Crippen LogP contribution is -2.36. The summed E-state index contributed by atoms with van der Waals surface area (Å²) in [6.45, 7) is 2.85. The molecule has 0 radical (unpaired) electrons. The summed E-state index contributed by atoms with van der Waals surface area (Å²) in [7, 11) is 3.03. The normalized spacial score (nSPS) is 10.4. The lowest BCUT2D eigenvalue weighted by molar-refractivity contribution is -0.124. The minimum absolute atomic E-state index is 0.0101. The van der Waals surface area contributed by atoms with E-state index in [9.17, 15) is 19.2 Å². The van der Waals surface area contributed by atoms with E-state index in [-0.39, 0.29) is 48.2 Å². The zero-order valence-electron chi connectivity index (χ0n) is 18.2. The molecule has 0 aromatic rings. The van der Waals surface area contributed by atoms with E-state index in [1.165, 1.54) is 37.6 Å². The van der Waals surface area contributed by atoms with Crippen LogP contribution in [0.4, 0.5) is 0 Å². The molecule has 0 aromatic heterocycles. The first-order valence-corrected chi connectivity index (χ1v) is 12.1. The van der Waals surface area contributed by atoms with Crippen LogP contribution in [0.1, 0.15) is 0 Å². The van der Waals surface area contributed by atoms with E-state index in [2.05, 4.69) is 21.3 Å². The van der Waals surface area contributed by atoms with Gasteiger partial charge >= 0.3 is 0 Å². The molecule has 13 heteroatoms. The molecule has 11 nitrogen and oxygen atoms in total. The third-order valence-corrected chi connectivity index (χ3v) is 5.25. The quantitative estimate of drug-likeness (QED) is 0.148. The Morgan fingerprint density at radius 2 is 0.935 bits per heavy atom. The number of hydrogen-bond acceptors (Lipinski definition) is 9. The highest BCUT2D eigenvalue weighted by molar-refractivity contribution is 8.00. The number of amides is 4. The maximum absolute atomic E-state index is 11.5. The molecule has 0 aliphatic heterocycles. The second kappa shape index (κ2) is 21.7. The fraction of sp³-hybridized carbons (Fsp3) is 0.778. The van der Waals surface area contributed by atoms with E-state index in [0.717, 1.165) is 0 Å². The summed E-state index contributed by atoms with van der Waals surface area (Å²) in [6, 6.07) is 0. The highest BCUT2D eigenvalue weighted by Gasteiger charge is 2.04. The zero-order valence-corrected chi connectivity index (χ0v) is 19.8. The van der Waals surface area contributed by atoms with Gasteiger partial charge in [-0.2, -0.15) is 0 Å².